The van der Waals surface area contributed by atoms with Crippen LogP contribution >= 0.6 is 0 Å². The van der Waals surface area contributed by atoms with Gasteiger partial charge in [0.25, 0.3) is 0 Å². The van der Waals surface area contributed by atoms with E-state index < -0.39 is 43.3 Å². The van der Waals surface area contributed by atoms with E-state index in [1.54, 1.807) is 6.92 Å². The zero-order chi connectivity index (χ0) is 24.9. The Balaban J connectivity index is 1.69. The number of nitrogens with one attached hydrogen (secondary N) is 1. The van der Waals surface area contributed by atoms with Crippen LogP contribution in [-0.4, -0.2) is 59.9 Å². The second-order valence-electron chi connectivity index (χ2n) is 8.01. The van der Waals surface area contributed by atoms with E-state index >= 15 is 0 Å². The van der Waals surface area contributed by atoms with Crippen molar-refractivity contribution in [3.05, 3.63) is 59.7 Å². The van der Waals surface area contributed by atoms with Crippen LogP contribution in [0.5, 0.6) is 0 Å². The van der Waals surface area contributed by atoms with Crippen molar-refractivity contribution in [3.63, 3.8) is 0 Å². The number of carbonyl (C=O) groups is 3. The van der Waals surface area contributed by atoms with Crippen LogP contribution in [-0.2, 0) is 14.3 Å². The summed E-state index contributed by atoms with van der Waals surface area (Å²) in [6, 6.07) is 14.1. The molecule has 182 valence electrons. The third kappa shape index (κ3) is 6.06. The van der Waals surface area contributed by atoms with Gasteiger partial charge in [-0.15, -0.1) is 0 Å². The minimum Gasteiger partial charge on any atom is -0.480 e. The number of alkyl carbamates (subject to hydrolysis) is 1. The Morgan fingerprint density at radius 2 is 1.62 bits per heavy atom. The molecule has 3 rings (SSSR count). The summed E-state index contributed by atoms with van der Waals surface area (Å²) in [7, 11) is 0. The largest absolute Gasteiger partial charge is 0.480 e. The molecule has 2 N–H and O–H groups in total. The molecule has 0 unspecified atom stereocenters. The van der Waals surface area contributed by atoms with E-state index in [4.69, 9.17) is 9.84 Å². The summed E-state index contributed by atoms with van der Waals surface area (Å²) < 4.78 is 44.0. The number of hydrogen-bond donors (Lipinski definition) is 2. The van der Waals surface area contributed by atoms with Crippen molar-refractivity contribution in [2.45, 2.75) is 37.9 Å². The van der Waals surface area contributed by atoms with E-state index in [-0.39, 0.29) is 23.8 Å². The number of carboxylic acid groups (broad SMARTS) is 1. The van der Waals surface area contributed by atoms with E-state index in [1.807, 2.05) is 48.5 Å². The van der Waals surface area contributed by atoms with E-state index in [2.05, 4.69) is 5.32 Å². The second kappa shape index (κ2) is 10.6. The molecule has 0 aromatic heterocycles. The van der Waals surface area contributed by atoms with Crippen LogP contribution in [0.1, 0.15) is 36.8 Å². The van der Waals surface area contributed by atoms with Gasteiger partial charge in [0.2, 0.25) is 5.91 Å². The van der Waals surface area contributed by atoms with Crippen molar-refractivity contribution in [1.82, 2.24) is 10.2 Å². The van der Waals surface area contributed by atoms with E-state index in [0.717, 1.165) is 22.3 Å². The highest BCUT2D eigenvalue weighted by Crippen LogP contribution is 2.44. The van der Waals surface area contributed by atoms with Gasteiger partial charge in [-0.2, -0.15) is 13.2 Å². The molecule has 0 spiro atoms. The topological polar surface area (TPSA) is 95.9 Å². The van der Waals surface area contributed by atoms with Gasteiger partial charge in [-0.05, 0) is 28.7 Å². The molecular formula is C24H25F3N2O5. The van der Waals surface area contributed by atoms with Crippen molar-refractivity contribution < 1.29 is 37.4 Å². The fourth-order valence-electron chi connectivity index (χ4n) is 4.14. The molecule has 0 bridgehead atoms. The van der Waals surface area contributed by atoms with Gasteiger partial charge >= 0.3 is 18.2 Å². The van der Waals surface area contributed by atoms with Crippen LogP contribution in [0.4, 0.5) is 18.0 Å². The molecule has 0 radical (unpaired) electrons. The molecule has 2 aromatic rings. The normalized spacial score (nSPS) is 13.5. The number of fused-ring (bicyclic) bond motifs is 3. The average molecular weight is 478 g/mol. The molecule has 1 atom stereocenters. The number of alkyl halides is 3. The quantitative estimate of drug-likeness (QED) is 0.564. The number of carbonyl (C=O) groups excluding carboxylic acids is 2. The van der Waals surface area contributed by atoms with Crippen molar-refractivity contribution >= 4 is 18.0 Å². The molecule has 0 saturated carbocycles. The molecule has 0 saturated heterocycles. The zero-order valence-corrected chi connectivity index (χ0v) is 18.5. The zero-order valence-electron chi connectivity index (χ0n) is 18.5. The summed E-state index contributed by atoms with van der Waals surface area (Å²) in [5.74, 6) is -2.95. The Bertz CT molecular complexity index is 1010. The minimum absolute atomic E-state index is 0.0248. The molecule has 1 aliphatic carbocycles. The Morgan fingerprint density at radius 3 is 2.12 bits per heavy atom. The first-order valence-corrected chi connectivity index (χ1v) is 10.8. The number of benzene rings is 2. The smallest absolute Gasteiger partial charge is 0.407 e. The summed E-state index contributed by atoms with van der Waals surface area (Å²) in [4.78, 5) is 36.3. The second-order valence-corrected chi connectivity index (χ2v) is 8.01. The molecule has 2 aromatic carbocycles. The van der Waals surface area contributed by atoms with Gasteiger partial charge in [-0.1, -0.05) is 61.9 Å². The monoisotopic (exact) mass is 478 g/mol. The highest BCUT2D eigenvalue weighted by Gasteiger charge is 2.37. The van der Waals surface area contributed by atoms with E-state index in [9.17, 15) is 27.6 Å². The number of halogens is 3. The SMILES string of the molecule is CCC[C@H](NC(=O)OCC1c2ccccc2-c2ccccc21)C(=O)N(CC(=O)O)CC(F)(F)F. The predicted octanol–water partition coefficient (Wildman–Crippen LogP) is 4.17. The molecule has 34 heavy (non-hydrogen) atoms. The van der Waals surface area contributed by atoms with Gasteiger partial charge in [-0.3, -0.25) is 9.59 Å². The fourth-order valence-corrected chi connectivity index (χ4v) is 4.14. The first-order valence-electron chi connectivity index (χ1n) is 10.8. The summed E-state index contributed by atoms with van der Waals surface area (Å²) in [6.07, 6.45) is -5.36. The Hall–Kier alpha value is -3.56. The third-order valence-electron chi connectivity index (χ3n) is 5.52. The van der Waals surface area contributed by atoms with Crippen LogP contribution in [0.15, 0.2) is 48.5 Å². The van der Waals surface area contributed by atoms with Crippen molar-refractivity contribution in [1.29, 1.82) is 0 Å². The lowest BCUT2D eigenvalue weighted by Crippen LogP contribution is -2.52. The number of aliphatic carboxylic acids is 1. The first kappa shape index (κ1) is 25.1. The highest BCUT2D eigenvalue weighted by atomic mass is 19.4. The van der Waals surface area contributed by atoms with Crippen LogP contribution in [0, 0.1) is 0 Å². The molecule has 1 aliphatic rings. The highest BCUT2D eigenvalue weighted by molar-refractivity contribution is 5.88. The van der Waals surface area contributed by atoms with Gasteiger partial charge < -0.3 is 20.1 Å². The standard InChI is InChI=1S/C24H25F3N2O5/c1-2-7-20(22(32)29(12-21(30)31)14-24(25,26)27)28-23(33)34-13-19-17-10-5-3-8-15(17)16-9-4-6-11-18(16)19/h3-6,8-11,19-20H,2,7,12-14H2,1H3,(H,28,33)(H,30,31)/t20-/m0/s1. The Kier molecular flexibility index (Phi) is 7.80. The predicted molar refractivity (Wildman–Crippen MR) is 117 cm³/mol. The van der Waals surface area contributed by atoms with E-state index in [0.29, 0.717) is 6.42 Å². The van der Waals surface area contributed by atoms with Gasteiger partial charge in [0, 0.05) is 5.92 Å². The maximum Gasteiger partial charge on any atom is 0.407 e. The fraction of sp³-hybridized carbons (Fsp3) is 0.375. The molecule has 0 aliphatic heterocycles. The van der Waals surface area contributed by atoms with Gasteiger partial charge in [0.15, 0.2) is 0 Å². The Labute approximate surface area is 194 Å². The summed E-state index contributed by atoms with van der Waals surface area (Å²) in [5, 5.41) is 11.2. The van der Waals surface area contributed by atoms with Crippen LogP contribution in [0.3, 0.4) is 0 Å². The van der Waals surface area contributed by atoms with Gasteiger partial charge in [-0.25, -0.2) is 4.79 Å². The van der Waals surface area contributed by atoms with Crippen LogP contribution < -0.4 is 5.32 Å². The molecule has 7 nitrogen and oxygen atoms in total. The third-order valence-corrected chi connectivity index (χ3v) is 5.52. The van der Waals surface area contributed by atoms with Crippen molar-refractivity contribution in [2.24, 2.45) is 0 Å². The van der Waals surface area contributed by atoms with Crippen LogP contribution in [0.25, 0.3) is 11.1 Å². The molecule has 10 heteroatoms. The molecule has 0 fully saturated rings. The number of hydrogen-bond acceptors (Lipinski definition) is 4. The lowest BCUT2D eigenvalue weighted by atomic mass is 9.98. The number of rotatable bonds is 9. The molecular weight excluding hydrogens is 453 g/mol. The minimum atomic E-state index is -4.79. The number of amides is 2. The van der Waals surface area contributed by atoms with E-state index in [1.165, 1.54) is 0 Å². The van der Waals surface area contributed by atoms with Crippen molar-refractivity contribution in [2.75, 3.05) is 19.7 Å². The number of carboxylic acids is 1. The maximum atomic E-state index is 12.9. The lowest BCUT2D eigenvalue weighted by Gasteiger charge is -2.27. The summed E-state index contributed by atoms with van der Waals surface area (Å²) in [6.45, 7) is -1.21. The maximum absolute atomic E-state index is 12.9. The number of nitrogens with zero attached hydrogens (tertiary/aromatic N) is 1. The van der Waals surface area contributed by atoms with Gasteiger partial charge in [0.1, 0.15) is 25.7 Å². The number of ether oxygens (including phenoxy) is 1. The first-order chi connectivity index (χ1) is 16.1. The van der Waals surface area contributed by atoms with Crippen LogP contribution in [0.2, 0.25) is 0 Å². The summed E-state index contributed by atoms with van der Waals surface area (Å²) in [5.41, 5.74) is 4.02. The van der Waals surface area contributed by atoms with Gasteiger partial charge in [0.05, 0.1) is 0 Å². The lowest BCUT2D eigenvalue weighted by molar-refractivity contribution is -0.166. The van der Waals surface area contributed by atoms with Crippen molar-refractivity contribution in [3.8, 4) is 11.1 Å². The summed E-state index contributed by atoms with van der Waals surface area (Å²) >= 11 is 0. The Morgan fingerprint density at radius 1 is 1.06 bits per heavy atom. The molecule has 0 heterocycles. The average Bonchev–Trinajstić information content (AvgIpc) is 3.09. The molecule has 2 amide bonds.